The first kappa shape index (κ1) is 17.5. The fourth-order valence-corrected chi connectivity index (χ4v) is 3.42. The molecule has 0 aliphatic heterocycles. The smallest absolute Gasteiger partial charge is 0.0175 e. The van der Waals surface area contributed by atoms with Crippen molar-refractivity contribution in [1.29, 1.82) is 0 Å². The zero-order chi connectivity index (χ0) is 18.5. The van der Waals surface area contributed by atoms with E-state index in [0.29, 0.717) is 0 Å². The van der Waals surface area contributed by atoms with E-state index in [9.17, 15) is 0 Å². The highest BCUT2D eigenvalue weighted by Crippen LogP contribution is 2.29. The zero-order valence-electron chi connectivity index (χ0n) is 14.8. The summed E-state index contributed by atoms with van der Waals surface area (Å²) in [6.07, 6.45) is 2.25. The first-order valence-electron chi connectivity index (χ1n) is 8.98. The third-order valence-corrected chi connectivity index (χ3v) is 5.10. The highest BCUT2D eigenvalue weighted by atomic mass is 79.9. The molecule has 4 rings (SSSR count). The highest BCUT2D eigenvalue weighted by molar-refractivity contribution is 9.10. The quantitative estimate of drug-likeness (QED) is 0.302. The van der Waals surface area contributed by atoms with Gasteiger partial charge in [-0.3, -0.25) is 0 Å². The molecule has 0 nitrogen and oxygen atoms in total. The average molecular weight is 411 g/mol. The summed E-state index contributed by atoms with van der Waals surface area (Å²) in [5.74, 6) is 0. The van der Waals surface area contributed by atoms with E-state index >= 15 is 0 Å². The molecule has 0 atom stereocenters. The van der Waals surface area contributed by atoms with E-state index < -0.39 is 0 Å². The van der Waals surface area contributed by atoms with Crippen LogP contribution in [-0.2, 0) is 0 Å². The Bertz CT molecular complexity index is 1030. The molecule has 4 aromatic rings. The normalized spacial score (nSPS) is 11.4. The Morgan fingerprint density at radius 2 is 1.00 bits per heavy atom. The number of rotatable bonds is 4. The molecule has 0 saturated heterocycles. The molecule has 0 bridgehead atoms. The summed E-state index contributed by atoms with van der Waals surface area (Å²) in [5.41, 5.74) is 7.30. The van der Waals surface area contributed by atoms with Crippen LogP contribution in [0.1, 0.15) is 16.7 Å². The second-order valence-electron chi connectivity index (χ2n) is 6.42. The summed E-state index contributed by atoms with van der Waals surface area (Å²) in [6, 6.07) is 38.3. The van der Waals surface area contributed by atoms with Crippen LogP contribution in [-0.4, -0.2) is 0 Å². The lowest BCUT2D eigenvalue weighted by atomic mass is 9.94. The maximum atomic E-state index is 3.50. The maximum absolute atomic E-state index is 3.50. The lowest BCUT2D eigenvalue weighted by molar-refractivity contribution is 1.53. The predicted octanol–water partition coefficient (Wildman–Crippen LogP) is 7.71. The summed E-state index contributed by atoms with van der Waals surface area (Å²) < 4.78 is 1.10. The molecule has 130 valence electrons. The van der Waals surface area contributed by atoms with Crippen molar-refractivity contribution in [3.63, 3.8) is 0 Å². The van der Waals surface area contributed by atoms with Crippen molar-refractivity contribution in [2.75, 3.05) is 0 Å². The van der Waals surface area contributed by atoms with Gasteiger partial charge in [0.15, 0.2) is 0 Å². The van der Waals surface area contributed by atoms with Crippen molar-refractivity contribution in [3.8, 4) is 11.1 Å². The largest absolute Gasteiger partial charge is 0.0622 e. The van der Waals surface area contributed by atoms with Crippen molar-refractivity contribution in [2.45, 2.75) is 0 Å². The molecule has 0 fully saturated rings. The van der Waals surface area contributed by atoms with Gasteiger partial charge in [-0.2, -0.15) is 0 Å². The fraction of sp³-hybridized carbons (Fsp3) is 0. The Morgan fingerprint density at radius 3 is 1.59 bits per heavy atom. The molecule has 1 heteroatoms. The molecule has 0 aromatic heterocycles. The Morgan fingerprint density at radius 1 is 0.519 bits per heavy atom. The van der Waals surface area contributed by atoms with Crippen molar-refractivity contribution in [2.24, 2.45) is 0 Å². The molecule has 0 aliphatic carbocycles. The molecule has 27 heavy (non-hydrogen) atoms. The van der Waals surface area contributed by atoms with Crippen LogP contribution >= 0.6 is 15.9 Å². The van der Waals surface area contributed by atoms with E-state index in [1.807, 2.05) is 6.07 Å². The fourth-order valence-electron chi connectivity index (χ4n) is 3.15. The molecule has 0 spiro atoms. The van der Waals surface area contributed by atoms with Gasteiger partial charge in [0, 0.05) is 4.47 Å². The van der Waals surface area contributed by atoms with Crippen LogP contribution in [0.3, 0.4) is 0 Å². The molecule has 0 heterocycles. The predicted molar refractivity (Wildman–Crippen MR) is 119 cm³/mol. The standard InChI is InChI=1S/C26H19Br/c27-25-17-15-22(16-18-25)21-11-13-24(14-12-21)26(23-9-5-2-6-10-23)19-20-7-3-1-4-8-20/h1-19H/b26-19+. The third-order valence-electron chi connectivity index (χ3n) is 4.57. The van der Waals surface area contributed by atoms with E-state index in [0.717, 1.165) is 4.47 Å². The average Bonchev–Trinajstić information content (AvgIpc) is 2.74. The number of benzene rings is 4. The molecule has 0 N–H and O–H groups in total. The van der Waals surface area contributed by atoms with Gasteiger partial charge in [-0.1, -0.05) is 113 Å². The summed E-state index contributed by atoms with van der Waals surface area (Å²) in [4.78, 5) is 0. The topological polar surface area (TPSA) is 0 Å². The Labute approximate surface area is 169 Å². The Balaban J connectivity index is 1.74. The van der Waals surface area contributed by atoms with Crippen molar-refractivity contribution in [1.82, 2.24) is 0 Å². The van der Waals surface area contributed by atoms with Gasteiger partial charge in [0.1, 0.15) is 0 Å². The Kier molecular flexibility index (Phi) is 5.32. The van der Waals surface area contributed by atoms with Crippen LogP contribution in [0.25, 0.3) is 22.8 Å². The number of hydrogen-bond acceptors (Lipinski definition) is 0. The van der Waals surface area contributed by atoms with Crippen LogP contribution in [0.15, 0.2) is 114 Å². The zero-order valence-corrected chi connectivity index (χ0v) is 16.4. The molecule has 0 aliphatic rings. The van der Waals surface area contributed by atoms with Crippen molar-refractivity contribution < 1.29 is 0 Å². The van der Waals surface area contributed by atoms with Gasteiger partial charge in [-0.05, 0) is 51.6 Å². The van der Waals surface area contributed by atoms with Gasteiger partial charge < -0.3 is 0 Å². The monoisotopic (exact) mass is 410 g/mol. The van der Waals surface area contributed by atoms with Crippen molar-refractivity contribution >= 4 is 27.6 Å². The van der Waals surface area contributed by atoms with Crippen LogP contribution < -0.4 is 0 Å². The van der Waals surface area contributed by atoms with Gasteiger partial charge in [-0.15, -0.1) is 0 Å². The maximum Gasteiger partial charge on any atom is 0.0175 e. The summed E-state index contributed by atoms with van der Waals surface area (Å²) >= 11 is 3.50. The van der Waals surface area contributed by atoms with Crippen LogP contribution in [0, 0.1) is 0 Å². The number of hydrogen-bond donors (Lipinski definition) is 0. The molecular weight excluding hydrogens is 392 g/mol. The second-order valence-corrected chi connectivity index (χ2v) is 7.33. The van der Waals surface area contributed by atoms with Gasteiger partial charge in [-0.25, -0.2) is 0 Å². The first-order valence-corrected chi connectivity index (χ1v) is 9.77. The first-order chi connectivity index (χ1) is 13.3. The summed E-state index contributed by atoms with van der Waals surface area (Å²) in [6.45, 7) is 0. The van der Waals surface area contributed by atoms with E-state index in [1.54, 1.807) is 0 Å². The highest BCUT2D eigenvalue weighted by Gasteiger charge is 2.06. The van der Waals surface area contributed by atoms with Crippen LogP contribution in [0.5, 0.6) is 0 Å². The summed E-state index contributed by atoms with van der Waals surface area (Å²) in [7, 11) is 0. The summed E-state index contributed by atoms with van der Waals surface area (Å²) in [5, 5.41) is 0. The van der Waals surface area contributed by atoms with Crippen LogP contribution in [0.4, 0.5) is 0 Å². The van der Waals surface area contributed by atoms with E-state index in [1.165, 1.54) is 33.4 Å². The molecule has 0 unspecified atom stereocenters. The lowest BCUT2D eigenvalue weighted by Gasteiger charge is -2.10. The van der Waals surface area contributed by atoms with E-state index in [-0.39, 0.29) is 0 Å². The second kappa shape index (κ2) is 8.20. The van der Waals surface area contributed by atoms with E-state index in [4.69, 9.17) is 0 Å². The molecule has 0 radical (unpaired) electrons. The minimum Gasteiger partial charge on any atom is -0.0622 e. The van der Waals surface area contributed by atoms with E-state index in [2.05, 4.69) is 125 Å². The van der Waals surface area contributed by atoms with Gasteiger partial charge in [0.05, 0.1) is 0 Å². The third kappa shape index (κ3) is 4.27. The van der Waals surface area contributed by atoms with Gasteiger partial charge in [0.25, 0.3) is 0 Å². The van der Waals surface area contributed by atoms with Crippen molar-refractivity contribution in [3.05, 3.63) is 130 Å². The molecule has 0 saturated carbocycles. The van der Waals surface area contributed by atoms with Gasteiger partial charge in [0.2, 0.25) is 0 Å². The minimum atomic E-state index is 1.10. The van der Waals surface area contributed by atoms with Gasteiger partial charge >= 0.3 is 0 Å². The Hall–Kier alpha value is -2.90. The number of halogens is 1. The van der Waals surface area contributed by atoms with Crippen LogP contribution in [0.2, 0.25) is 0 Å². The SMILES string of the molecule is Brc1ccc(-c2ccc(/C(=C/c3ccccc3)c3ccccc3)cc2)cc1. The molecular formula is C26H19Br. The minimum absolute atomic E-state index is 1.10. The molecule has 0 amide bonds. The molecule has 4 aromatic carbocycles. The lowest BCUT2D eigenvalue weighted by Crippen LogP contribution is -1.89.